The fraction of sp³-hybridized carbons (Fsp3) is 0.174. The quantitative estimate of drug-likeness (QED) is 0.505. The third-order valence-electron chi connectivity index (χ3n) is 4.13. The van der Waals surface area contributed by atoms with Crippen molar-refractivity contribution >= 4 is 16.8 Å². The van der Waals surface area contributed by atoms with Gasteiger partial charge in [0.1, 0.15) is 11.9 Å². The van der Waals surface area contributed by atoms with Crippen LogP contribution in [0, 0.1) is 0 Å². The lowest BCUT2D eigenvalue weighted by molar-refractivity contribution is 0.254. The van der Waals surface area contributed by atoms with Gasteiger partial charge in [0, 0.05) is 5.57 Å². The minimum absolute atomic E-state index is 0.00359. The first-order valence-corrected chi connectivity index (χ1v) is 8.42. The topological polar surface area (TPSA) is 9.23 Å². The van der Waals surface area contributed by atoms with Gasteiger partial charge in [-0.05, 0) is 47.9 Å². The summed E-state index contributed by atoms with van der Waals surface area (Å²) in [5.41, 5.74) is 5.72. The van der Waals surface area contributed by atoms with Gasteiger partial charge in [0.25, 0.3) is 0 Å². The number of hydrogen-bond acceptors (Lipinski definition) is 1. The summed E-state index contributed by atoms with van der Waals surface area (Å²) < 4.78 is 6.14. The van der Waals surface area contributed by atoms with E-state index in [4.69, 9.17) is 4.74 Å². The van der Waals surface area contributed by atoms with Crippen molar-refractivity contribution in [1.29, 1.82) is 0 Å². The Balaban J connectivity index is 1.80. The monoisotopic (exact) mass is 314 g/mol. The van der Waals surface area contributed by atoms with Crippen LogP contribution in [0.3, 0.4) is 0 Å². The second-order valence-electron chi connectivity index (χ2n) is 5.85. The number of fused-ring (bicyclic) bond motifs is 1. The number of benzene rings is 3. The van der Waals surface area contributed by atoms with Crippen LogP contribution in [-0.4, -0.2) is 6.10 Å². The van der Waals surface area contributed by atoms with Crippen LogP contribution in [-0.2, 0) is 0 Å². The molecule has 0 aliphatic carbocycles. The zero-order valence-electron chi connectivity index (χ0n) is 14.2. The molecule has 1 nitrogen and oxygen atoms in total. The normalized spacial score (nSPS) is 11.6. The molecule has 3 aromatic rings. The SMILES string of the molecule is CCC(=C=Cc1ccccc1)C(C)Oc1ccc2ccccc2c1. The minimum Gasteiger partial charge on any atom is -0.486 e. The molecular weight excluding hydrogens is 292 g/mol. The molecule has 3 aromatic carbocycles. The molecule has 3 rings (SSSR count). The van der Waals surface area contributed by atoms with Gasteiger partial charge in [0.2, 0.25) is 0 Å². The summed E-state index contributed by atoms with van der Waals surface area (Å²) in [6, 6.07) is 24.8. The lowest BCUT2D eigenvalue weighted by atomic mass is 10.1. The maximum atomic E-state index is 6.14. The number of ether oxygens (including phenoxy) is 1. The Labute approximate surface area is 143 Å². The summed E-state index contributed by atoms with van der Waals surface area (Å²) >= 11 is 0. The summed E-state index contributed by atoms with van der Waals surface area (Å²) in [4.78, 5) is 0. The Morgan fingerprint density at radius 1 is 0.958 bits per heavy atom. The lowest BCUT2D eigenvalue weighted by Crippen LogP contribution is -2.14. The van der Waals surface area contributed by atoms with Crippen molar-refractivity contribution < 1.29 is 4.74 Å². The average molecular weight is 314 g/mol. The van der Waals surface area contributed by atoms with Gasteiger partial charge in [-0.25, -0.2) is 0 Å². The Hall–Kier alpha value is -2.76. The largest absolute Gasteiger partial charge is 0.486 e. The molecule has 0 aliphatic rings. The highest BCUT2D eigenvalue weighted by molar-refractivity contribution is 5.83. The molecule has 0 amide bonds. The summed E-state index contributed by atoms with van der Waals surface area (Å²) in [6.45, 7) is 4.22. The Morgan fingerprint density at radius 2 is 1.67 bits per heavy atom. The second-order valence-corrected chi connectivity index (χ2v) is 5.85. The van der Waals surface area contributed by atoms with Crippen molar-refractivity contribution in [3.8, 4) is 5.75 Å². The van der Waals surface area contributed by atoms with E-state index in [1.54, 1.807) is 0 Å². The molecule has 0 spiro atoms. The molecule has 0 aliphatic heterocycles. The van der Waals surface area contributed by atoms with E-state index in [2.05, 4.69) is 68.1 Å². The van der Waals surface area contributed by atoms with Gasteiger partial charge in [-0.15, -0.1) is 5.73 Å². The fourth-order valence-electron chi connectivity index (χ4n) is 2.75. The molecule has 0 saturated heterocycles. The van der Waals surface area contributed by atoms with Gasteiger partial charge in [-0.2, -0.15) is 0 Å². The molecule has 1 heteroatoms. The van der Waals surface area contributed by atoms with Crippen LogP contribution in [0.1, 0.15) is 25.8 Å². The van der Waals surface area contributed by atoms with E-state index >= 15 is 0 Å². The van der Waals surface area contributed by atoms with Gasteiger partial charge in [-0.1, -0.05) is 67.6 Å². The van der Waals surface area contributed by atoms with E-state index in [-0.39, 0.29) is 6.10 Å². The fourth-order valence-corrected chi connectivity index (χ4v) is 2.75. The predicted molar refractivity (Wildman–Crippen MR) is 102 cm³/mol. The van der Waals surface area contributed by atoms with Crippen LogP contribution < -0.4 is 4.74 Å². The average Bonchev–Trinajstić information content (AvgIpc) is 2.63. The standard InChI is InChI=1S/C23H22O/c1-3-20(14-13-19-9-5-4-6-10-19)18(2)24-23-16-15-21-11-7-8-12-22(21)17-23/h4-13,15-18H,3H2,1-2H3. The number of rotatable bonds is 5. The summed E-state index contributed by atoms with van der Waals surface area (Å²) in [5, 5.41) is 2.43. The van der Waals surface area contributed by atoms with Crippen molar-refractivity contribution in [3.63, 3.8) is 0 Å². The van der Waals surface area contributed by atoms with E-state index in [0.717, 1.165) is 23.3 Å². The van der Waals surface area contributed by atoms with Crippen molar-refractivity contribution in [2.45, 2.75) is 26.4 Å². The molecule has 24 heavy (non-hydrogen) atoms. The summed E-state index contributed by atoms with van der Waals surface area (Å²) in [7, 11) is 0. The second kappa shape index (κ2) is 7.68. The third kappa shape index (κ3) is 3.95. The van der Waals surface area contributed by atoms with Crippen LogP contribution in [0.4, 0.5) is 0 Å². The van der Waals surface area contributed by atoms with E-state index in [0.29, 0.717) is 0 Å². The van der Waals surface area contributed by atoms with Gasteiger partial charge >= 0.3 is 0 Å². The summed E-state index contributed by atoms with van der Waals surface area (Å²) in [5.74, 6) is 0.897. The lowest BCUT2D eigenvalue weighted by Gasteiger charge is -2.16. The van der Waals surface area contributed by atoms with Crippen LogP contribution in [0.25, 0.3) is 16.8 Å². The van der Waals surface area contributed by atoms with E-state index in [1.165, 1.54) is 10.8 Å². The Morgan fingerprint density at radius 3 is 2.42 bits per heavy atom. The highest BCUT2D eigenvalue weighted by Gasteiger charge is 2.09. The molecule has 0 radical (unpaired) electrons. The van der Waals surface area contributed by atoms with Crippen LogP contribution in [0.15, 0.2) is 84.1 Å². The van der Waals surface area contributed by atoms with E-state index in [9.17, 15) is 0 Å². The van der Waals surface area contributed by atoms with Crippen LogP contribution in [0.5, 0.6) is 5.75 Å². The molecule has 0 N–H and O–H groups in total. The van der Waals surface area contributed by atoms with Gasteiger partial charge in [0.05, 0.1) is 0 Å². The van der Waals surface area contributed by atoms with Crippen LogP contribution in [0.2, 0.25) is 0 Å². The highest BCUT2D eigenvalue weighted by Crippen LogP contribution is 2.23. The molecule has 1 atom stereocenters. The molecule has 0 fully saturated rings. The van der Waals surface area contributed by atoms with Gasteiger partial charge in [-0.3, -0.25) is 0 Å². The zero-order chi connectivity index (χ0) is 16.8. The van der Waals surface area contributed by atoms with E-state index < -0.39 is 0 Å². The first-order chi connectivity index (χ1) is 11.8. The maximum absolute atomic E-state index is 6.14. The van der Waals surface area contributed by atoms with E-state index in [1.807, 2.05) is 30.3 Å². The smallest absolute Gasteiger partial charge is 0.124 e. The van der Waals surface area contributed by atoms with Crippen molar-refractivity contribution in [1.82, 2.24) is 0 Å². The van der Waals surface area contributed by atoms with Crippen molar-refractivity contribution in [3.05, 3.63) is 89.7 Å². The van der Waals surface area contributed by atoms with Gasteiger partial charge < -0.3 is 4.74 Å². The minimum atomic E-state index is -0.00359. The Bertz CT molecular complexity index is 871. The molecule has 0 bridgehead atoms. The first-order valence-electron chi connectivity index (χ1n) is 8.42. The molecule has 0 heterocycles. The Kier molecular flexibility index (Phi) is 5.15. The molecule has 120 valence electrons. The third-order valence-corrected chi connectivity index (χ3v) is 4.13. The van der Waals surface area contributed by atoms with Crippen LogP contribution >= 0.6 is 0 Å². The maximum Gasteiger partial charge on any atom is 0.124 e. The highest BCUT2D eigenvalue weighted by atomic mass is 16.5. The zero-order valence-corrected chi connectivity index (χ0v) is 14.2. The molecule has 1 unspecified atom stereocenters. The van der Waals surface area contributed by atoms with Crippen molar-refractivity contribution in [2.75, 3.05) is 0 Å². The van der Waals surface area contributed by atoms with Gasteiger partial charge in [0.15, 0.2) is 0 Å². The molecule has 0 saturated carbocycles. The molecule has 0 aromatic heterocycles. The van der Waals surface area contributed by atoms with Crippen molar-refractivity contribution in [2.24, 2.45) is 0 Å². The first kappa shape index (κ1) is 16.1. The summed E-state index contributed by atoms with van der Waals surface area (Å²) in [6.07, 6.45) is 2.94. The number of hydrogen-bond donors (Lipinski definition) is 0. The molecular formula is C23H22O. The predicted octanol–water partition coefficient (Wildman–Crippen LogP) is 6.26.